The fraction of sp³-hybridized carbons (Fsp3) is 0.600. The Bertz CT molecular complexity index is 2470. The zero-order valence-electron chi connectivity index (χ0n) is 62.5. The van der Waals surface area contributed by atoms with Gasteiger partial charge in [0.1, 0.15) is 0 Å². The molecule has 0 aromatic heterocycles. The van der Waals surface area contributed by atoms with E-state index in [1.807, 2.05) is 0 Å². The van der Waals surface area contributed by atoms with E-state index in [0.717, 1.165) is 77.0 Å². The second kappa shape index (κ2) is 50.3. The van der Waals surface area contributed by atoms with Gasteiger partial charge in [-0.3, -0.25) is 4.57 Å². The van der Waals surface area contributed by atoms with Gasteiger partial charge in [-0.25, -0.2) is 0 Å². The van der Waals surface area contributed by atoms with E-state index in [1.54, 1.807) is 0 Å². The van der Waals surface area contributed by atoms with Crippen LogP contribution in [0.25, 0.3) is 0 Å². The molecule has 3 nitrogen and oxygen atoms in total. The van der Waals surface area contributed by atoms with Crippen molar-refractivity contribution in [1.82, 2.24) is 0 Å². The summed E-state index contributed by atoms with van der Waals surface area (Å²) in [6.07, 6.45) is 58.5. The Balaban J connectivity index is 1.65. The fourth-order valence-corrected chi connectivity index (χ4v) is 28.5. The first-order chi connectivity index (χ1) is 47.4. The van der Waals surface area contributed by atoms with Gasteiger partial charge in [0.2, 0.25) is 0 Å². The Morgan fingerprint density at radius 3 is 0.500 bits per heavy atom. The lowest BCUT2D eigenvalue weighted by Crippen LogP contribution is -2.72. The summed E-state index contributed by atoms with van der Waals surface area (Å²) in [4.78, 5) is 0. The number of hydrogen-bond acceptors (Lipinski definition) is 3. The predicted molar refractivity (Wildman–Crippen MR) is 429 cm³/mol. The van der Waals surface area contributed by atoms with E-state index in [-0.39, 0.29) is 0 Å². The average molecular weight is 1360 g/mol. The van der Waals surface area contributed by atoms with Gasteiger partial charge in [-0.1, -0.05) is 418 Å². The quantitative estimate of drug-likeness (QED) is 0.0165. The molecule has 6 aromatic carbocycles. The maximum absolute atomic E-state index is 17.7. The van der Waals surface area contributed by atoms with Crippen molar-refractivity contribution in [2.24, 2.45) is 0 Å². The summed E-state index contributed by atoms with van der Waals surface area (Å²) >= 11 is 0. The molecular weight excluding hydrogens is 1220 g/mol. The normalized spacial score (nSPS) is 12.0. The monoisotopic (exact) mass is 1360 g/mol. The summed E-state index contributed by atoms with van der Waals surface area (Å²) in [5.74, 6) is 0. The van der Waals surface area contributed by atoms with Crippen LogP contribution in [-0.4, -0.2) is 16.6 Å². The van der Waals surface area contributed by atoms with E-state index in [9.17, 15) is 0 Å². The van der Waals surface area contributed by atoms with E-state index in [0.29, 0.717) is 0 Å². The van der Waals surface area contributed by atoms with Gasteiger partial charge in [-0.2, -0.15) is 0 Å². The van der Waals surface area contributed by atoms with Crippen LogP contribution in [0.2, 0.25) is 0 Å². The Kier molecular flexibility index (Phi) is 42.3. The molecule has 0 fully saturated rings. The van der Waals surface area contributed by atoms with E-state index < -0.39 is 24.9 Å². The highest BCUT2D eigenvalue weighted by Crippen LogP contribution is 2.37. The third kappa shape index (κ3) is 27.1. The van der Waals surface area contributed by atoms with E-state index in [4.69, 9.17) is 8.43 Å². The average Bonchev–Trinajstić information content (AvgIpc) is 0.732. The summed E-state index contributed by atoms with van der Waals surface area (Å²) in [5.41, 5.74) is 8.13. The molecule has 0 radical (unpaired) electrons. The number of aryl methyl sites for hydroxylation is 6. The molecule has 0 amide bonds. The molecule has 0 bridgehead atoms. The lowest BCUT2D eigenvalue weighted by atomic mass is 10.0. The van der Waals surface area contributed by atoms with Crippen molar-refractivity contribution in [3.8, 4) is 0 Å². The fourth-order valence-electron chi connectivity index (χ4n) is 15.6. The smallest absolute Gasteiger partial charge is 0.301 e. The van der Waals surface area contributed by atoms with Crippen LogP contribution in [0.4, 0.5) is 0 Å². The van der Waals surface area contributed by atoms with Crippen molar-refractivity contribution in [1.29, 1.82) is 0 Å². The molecular formula is C90H139O3PSi2. The summed E-state index contributed by atoms with van der Waals surface area (Å²) in [7, 11) is -11.1. The summed E-state index contributed by atoms with van der Waals surface area (Å²) in [5, 5.41) is 7.60. The molecule has 6 aromatic rings. The van der Waals surface area contributed by atoms with Crippen LogP contribution in [-0.2, 0) is 51.5 Å². The van der Waals surface area contributed by atoms with Crippen LogP contribution < -0.4 is 31.1 Å². The number of unbranched alkanes of at least 4 members (excludes halogenated alkanes) is 36. The Morgan fingerprint density at radius 1 is 0.208 bits per heavy atom. The van der Waals surface area contributed by atoms with Crippen molar-refractivity contribution < 1.29 is 13.0 Å². The minimum Gasteiger partial charge on any atom is -0.339 e. The molecule has 96 heavy (non-hydrogen) atoms. The first-order valence-electron chi connectivity index (χ1n) is 40.8. The first kappa shape index (κ1) is 80.9. The lowest BCUT2D eigenvalue weighted by molar-refractivity contribution is 0.423. The molecule has 6 rings (SSSR count). The number of benzene rings is 6. The maximum Gasteiger partial charge on any atom is 0.301 e. The molecule has 0 saturated heterocycles. The van der Waals surface area contributed by atoms with Crippen LogP contribution in [0, 0.1) is 0 Å². The maximum atomic E-state index is 17.7. The van der Waals surface area contributed by atoms with Gasteiger partial charge in [-0.15, -0.1) is 0 Å². The van der Waals surface area contributed by atoms with Gasteiger partial charge in [-0.05, 0) is 142 Å². The number of hydrogen-bond donors (Lipinski definition) is 0. The van der Waals surface area contributed by atoms with Gasteiger partial charge < -0.3 is 8.43 Å². The topological polar surface area (TPSA) is 35.5 Å². The zero-order chi connectivity index (χ0) is 67.8. The highest BCUT2D eigenvalue weighted by molar-refractivity contribution is 7.42. The van der Waals surface area contributed by atoms with Crippen molar-refractivity contribution in [3.05, 3.63) is 179 Å². The van der Waals surface area contributed by atoms with E-state index >= 15 is 4.57 Å². The summed E-state index contributed by atoms with van der Waals surface area (Å²) < 4.78 is 34.7. The molecule has 530 valence electrons. The van der Waals surface area contributed by atoms with Crippen molar-refractivity contribution in [2.75, 3.05) is 0 Å². The molecule has 0 unspecified atom stereocenters. The van der Waals surface area contributed by atoms with E-state index in [1.165, 1.54) is 296 Å². The highest BCUT2D eigenvalue weighted by atomic mass is 31.1. The van der Waals surface area contributed by atoms with Crippen LogP contribution in [0.15, 0.2) is 146 Å². The predicted octanol–water partition coefficient (Wildman–Crippen LogP) is 24.5. The third-order valence-corrected chi connectivity index (χ3v) is 32.4. The Hall–Kier alpha value is -4.10. The van der Waals surface area contributed by atoms with Gasteiger partial charge in [0, 0.05) is 0 Å². The van der Waals surface area contributed by atoms with Crippen molar-refractivity contribution in [3.63, 3.8) is 0 Å². The van der Waals surface area contributed by atoms with Gasteiger partial charge in [0.15, 0.2) is 0 Å². The minimum absolute atomic E-state index is 0.965. The first-order valence-corrected chi connectivity index (χ1v) is 45.9. The third-order valence-electron chi connectivity index (χ3n) is 21.2. The molecule has 0 heterocycles. The van der Waals surface area contributed by atoms with Gasteiger partial charge in [0.25, 0.3) is 16.6 Å². The number of rotatable bonds is 58. The SMILES string of the molecule is CCCCCCCCCc1ccccc1[Si](O[PH](=O)O[Si](c1ccccc1CCCCCCCCC)(c1ccccc1CCCCCCCCC)c1ccccc1CCCCCCCCC)(c1ccccc1CCCCCCCCC)c1ccccc1CCCCCCCCC. The van der Waals surface area contributed by atoms with Crippen molar-refractivity contribution in [2.45, 2.75) is 350 Å². The molecule has 0 saturated carbocycles. The molecule has 6 heteroatoms. The van der Waals surface area contributed by atoms with Crippen LogP contribution in [0.1, 0.15) is 345 Å². The molecule has 0 atom stereocenters. The van der Waals surface area contributed by atoms with Crippen molar-refractivity contribution >= 4 is 56.0 Å². The van der Waals surface area contributed by atoms with Gasteiger partial charge >= 0.3 is 8.25 Å². The second-order valence-corrected chi connectivity index (χ2v) is 37.1. The molecule has 0 aliphatic rings. The van der Waals surface area contributed by atoms with Gasteiger partial charge in [0.05, 0.1) is 0 Å². The standard InChI is InChI=1S/C90H139O3PSi2/c1-7-13-19-25-31-37-43-61-79-67-49-55-73-85(79)95(86-74-56-50-68-80(86)62-44-38-32-26-20-14-8-2,87-75-57-51-69-81(87)63-45-39-33-27-21-15-9-3)92-94(91)93-96(88-76-58-52-70-82(88)64-46-40-34-28-22-16-10-4,89-77-59-53-71-83(89)65-47-41-35-29-23-17-11-5)90-78-60-54-72-84(90)66-48-42-36-30-24-18-12-6/h49-60,67-78,94H,7-48,61-66H2,1-6H3. The second-order valence-electron chi connectivity index (χ2n) is 29.0. The molecule has 0 aliphatic carbocycles. The Labute approximate surface area is 594 Å². The van der Waals surface area contributed by atoms with Crippen LogP contribution >= 0.6 is 8.25 Å². The molecule has 0 aliphatic heterocycles. The summed E-state index contributed by atoms with van der Waals surface area (Å²) in [6, 6.07) is 56.5. The highest BCUT2D eigenvalue weighted by Gasteiger charge is 2.52. The zero-order valence-corrected chi connectivity index (χ0v) is 65.5. The summed E-state index contributed by atoms with van der Waals surface area (Å²) in [6.45, 7) is 13.9. The largest absolute Gasteiger partial charge is 0.339 e. The Morgan fingerprint density at radius 2 is 0.344 bits per heavy atom. The van der Waals surface area contributed by atoms with E-state index in [2.05, 4.69) is 187 Å². The van der Waals surface area contributed by atoms with Crippen LogP contribution in [0.3, 0.4) is 0 Å². The minimum atomic E-state index is -3.81. The lowest BCUT2D eigenvalue weighted by Gasteiger charge is -2.40. The molecule has 0 N–H and O–H groups in total. The van der Waals surface area contributed by atoms with Crippen LogP contribution in [0.5, 0.6) is 0 Å². The molecule has 0 spiro atoms.